The number of sulfone groups is 1. The standard InChI is InChI=1S/C6H13NO3S/c1-5(2)7-6(8)4-11(3,9)10/h5H,4H2,1-3H3,(H,7,8). The van der Waals surface area contributed by atoms with E-state index in [0.29, 0.717) is 0 Å². The minimum absolute atomic E-state index is 0.00995. The molecule has 0 aromatic carbocycles. The Bertz CT molecular complexity index is 230. The average molecular weight is 179 g/mol. The van der Waals surface area contributed by atoms with Crippen molar-refractivity contribution in [2.45, 2.75) is 19.9 Å². The third-order valence-electron chi connectivity index (χ3n) is 0.843. The van der Waals surface area contributed by atoms with Gasteiger partial charge in [0, 0.05) is 12.3 Å². The van der Waals surface area contributed by atoms with Crippen LogP contribution < -0.4 is 5.32 Å². The van der Waals surface area contributed by atoms with Gasteiger partial charge in [0.25, 0.3) is 0 Å². The molecule has 0 bridgehead atoms. The highest BCUT2D eigenvalue weighted by molar-refractivity contribution is 7.91. The number of nitrogens with one attached hydrogen (secondary N) is 1. The van der Waals surface area contributed by atoms with Crippen LogP contribution in [0.15, 0.2) is 0 Å². The van der Waals surface area contributed by atoms with E-state index in [-0.39, 0.29) is 6.04 Å². The van der Waals surface area contributed by atoms with E-state index < -0.39 is 21.5 Å². The maximum absolute atomic E-state index is 10.8. The molecule has 0 rings (SSSR count). The Hall–Kier alpha value is -0.580. The van der Waals surface area contributed by atoms with Crippen LogP contribution in [0.25, 0.3) is 0 Å². The van der Waals surface area contributed by atoms with Crippen LogP contribution >= 0.6 is 0 Å². The molecule has 0 aliphatic heterocycles. The fraction of sp³-hybridized carbons (Fsp3) is 0.833. The summed E-state index contributed by atoms with van der Waals surface area (Å²) in [6.45, 7) is 3.56. The summed E-state index contributed by atoms with van der Waals surface area (Å²) in [6.07, 6.45) is 1.03. The first-order valence-corrected chi connectivity index (χ1v) is 5.34. The van der Waals surface area contributed by atoms with Crippen LogP contribution in [0.4, 0.5) is 0 Å². The van der Waals surface area contributed by atoms with E-state index in [4.69, 9.17) is 0 Å². The zero-order valence-corrected chi connectivity index (χ0v) is 7.73. The smallest absolute Gasteiger partial charge is 0.235 e. The second-order valence-electron chi connectivity index (χ2n) is 2.79. The van der Waals surface area contributed by atoms with Gasteiger partial charge >= 0.3 is 0 Å². The Balaban J connectivity index is 3.91. The Morgan fingerprint density at radius 2 is 1.91 bits per heavy atom. The Morgan fingerprint density at radius 3 is 2.18 bits per heavy atom. The van der Waals surface area contributed by atoms with E-state index in [1.807, 2.05) is 0 Å². The summed E-state index contributed by atoms with van der Waals surface area (Å²) < 4.78 is 21.1. The molecule has 0 radical (unpaired) electrons. The van der Waals surface area contributed by atoms with Gasteiger partial charge in [0.1, 0.15) is 5.75 Å². The van der Waals surface area contributed by atoms with E-state index >= 15 is 0 Å². The molecule has 0 aromatic rings. The molecule has 0 saturated heterocycles. The first-order chi connectivity index (χ1) is 4.81. The molecule has 0 atom stereocenters. The molecule has 0 aliphatic carbocycles. The van der Waals surface area contributed by atoms with Gasteiger partial charge in [-0.3, -0.25) is 4.79 Å². The number of carbonyl (C=O) groups excluding carboxylic acids is 1. The molecule has 5 heteroatoms. The first kappa shape index (κ1) is 10.4. The molecular weight excluding hydrogens is 166 g/mol. The van der Waals surface area contributed by atoms with E-state index in [0.717, 1.165) is 6.26 Å². The highest BCUT2D eigenvalue weighted by Crippen LogP contribution is 1.84. The van der Waals surface area contributed by atoms with E-state index in [9.17, 15) is 13.2 Å². The first-order valence-electron chi connectivity index (χ1n) is 3.28. The zero-order chi connectivity index (χ0) is 9.07. The highest BCUT2D eigenvalue weighted by Gasteiger charge is 2.10. The maximum atomic E-state index is 10.8. The van der Waals surface area contributed by atoms with Gasteiger partial charge in [-0.15, -0.1) is 0 Å². The number of hydrogen-bond acceptors (Lipinski definition) is 3. The summed E-state index contributed by atoms with van der Waals surface area (Å²) in [5.41, 5.74) is 0. The zero-order valence-electron chi connectivity index (χ0n) is 6.92. The molecular formula is C6H13NO3S. The predicted octanol–water partition coefficient (Wildman–Crippen LogP) is -0.444. The third kappa shape index (κ3) is 7.32. The van der Waals surface area contributed by atoms with Crippen LogP contribution in [-0.2, 0) is 14.6 Å². The molecule has 0 heterocycles. The summed E-state index contributed by atoms with van der Waals surface area (Å²) in [7, 11) is -3.18. The Morgan fingerprint density at radius 1 is 1.45 bits per heavy atom. The summed E-state index contributed by atoms with van der Waals surface area (Å²) in [5, 5.41) is 2.48. The molecule has 1 N–H and O–H groups in total. The van der Waals surface area contributed by atoms with Crippen molar-refractivity contribution >= 4 is 15.7 Å². The lowest BCUT2D eigenvalue weighted by molar-refractivity contribution is -0.119. The van der Waals surface area contributed by atoms with Crippen LogP contribution in [0, 0.1) is 0 Å². The van der Waals surface area contributed by atoms with Crippen molar-refractivity contribution in [3.63, 3.8) is 0 Å². The quantitative estimate of drug-likeness (QED) is 0.638. The highest BCUT2D eigenvalue weighted by atomic mass is 32.2. The predicted molar refractivity (Wildman–Crippen MR) is 43.0 cm³/mol. The number of carbonyl (C=O) groups is 1. The fourth-order valence-corrected chi connectivity index (χ4v) is 1.16. The molecule has 4 nitrogen and oxygen atoms in total. The van der Waals surface area contributed by atoms with Gasteiger partial charge in [0.05, 0.1) is 0 Å². The van der Waals surface area contributed by atoms with Gasteiger partial charge in [-0.25, -0.2) is 8.42 Å². The van der Waals surface area contributed by atoms with Gasteiger partial charge < -0.3 is 5.32 Å². The Labute approximate surface area is 66.9 Å². The van der Waals surface area contributed by atoms with Crippen molar-refractivity contribution < 1.29 is 13.2 Å². The van der Waals surface area contributed by atoms with Gasteiger partial charge in [-0.1, -0.05) is 0 Å². The van der Waals surface area contributed by atoms with Crippen molar-refractivity contribution in [3.05, 3.63) is 0 Å². The SMILES string of the molecule is CC(C)NC(=O)CS(C)(=O)=O. The summed E-state index contributed by atoms with van der Waals surface area (Å²) in [4.78, 5) is 10.8. The topological polar surface area (TPSA) is 63.2 Å². The van der Waals surface area contributed by atoms with Crippen LogP contribution in [0.2, 0.25) is 0 Å². The van der Waals surface area contributed by atoms with Crippen molar-refractivity contribution in [2.75, 3.05) is 12.0 Å². The van der Waals surface area contributed by atoms with Gasteiger partial charge in [-0.05, 0) is 13.8 Å². The molecule has 66 valence electrons. The second-order valence-corrected chi connectivity index (χ2v) is 4.93. The lowest BCUT2D eigenvalue weighted by Crippen LogP contribution is -2.34. The summed E-state index contributed by atoms with van der Waals surface area (Å²) in [6, 6.07) is -0.00995. The van der Waals surface area contributed by atoms with Crippen LogP contribution in [0.3, 0.4) is 0 Å². The molecule has 0 spiro atoms. The van der Waals surface area contributed by atoms with Crippen LogP contribution in [-0.4, -0.2) is 32.4 Å². The lowest BCUT2D eigenvalue weighted by Gasteiger charge is -2.06. The average Bonchev–Trinajstić information content (AvgIpc) is 1.53. The fourth-order valence-electron chi connectivity index (χ4n) is 0.602. The van der Waals surface area contributed by atoms with Crippen molar-refractivity contribution in [1.82, 2.24) is 5.32 Å². The molecule has 1 amide bonds. The maximum Gasteiger partial charge on any atom is 0.235 e. The minimum Gasteiger partial charge on any atom is -0.353 e. The molecule has 0 fully saturated rings. The largest absolute Gasteiger partial charge is 0.353 e. The molecule has 0 unspecified atom stereocenters. The number of amides is 1. The Kier molecular flexibility index (Phi) is 3.51. The summed E-state index contributed by atoms with van der Waals surface area (Å²) >= 11 is 0. The summed E-state index contributed by atoms with van der Waals surface area (Å²) in [5.74, 6) is -0.868. The normalized spacial score (nSPS) is 11.6. The van der Waals surface area contributed by atoms with Crippen molar-refractivity contribution in [3.8, 4) is 0 Å². The minimum atomic E-state index is -3.18. The van der Waals surface area contributed by atoms with E-state index in [2.05, 4.69) is 5.32 Å². The third-order valence-corrected chi connectivity index (χ3v) is 1.63. The monoisotopic (exact) mass is 179 g/mol. The van der Waals surface area contributed by atoms with Crippen LogP contribution in [0.5, 0.6) is 0 Å². The lowest BCUT2D eigenvalue weighted by atomic mass is 10.4. The molecule has 11 heavy (non-hydrogen) atoms. The van der Waals surface area contributed by atoms with Gasteiger partial charge in [-0.2, -0.15) is 0 Å². The number of rotatable bonds is 3. The van der Waals surface area contributed by atoms with Crippen molar-refractivity contribution in [1.29, 1.82) is 0 Å². The van der Waals surface area contributed by atoms with Gasteiger partial charge in [0.15, 0.2) is 9.84 Å². The molecule has 0 aromatic heterocycles. The number of hydrogen-bond donors (Lipinski definition) is 1. The van der Waals surface area contributed by atoms with E-state index in [1.54, 1.807) is 13.8 Å². The second kappa shape index (κ2) is 3.71. The van der Waals surface area contributed by atoms with E-state index in [1.165, 1.54) is 0 Å². The van der Waals surface area contributed by atoms with Crippen molar-refractivity contribution in [2.24, 2.45) is 0 Å². The molecule has 0 saturated carbocycles. The molecule has 0 aliphatic rings. The van der Waals surface area contributed by atoms with Crippen LogP contribution in [0.1, 0.15) is 13.8 Å². The van der Waals surface area contributed by atoms with Gasteiger partial charge in [0.2, 0.25) is 5.91 Å².